The molecule has 0 aliphatic carbocycles. The molecule has 0 saturated carbocycles. The fraction of sp³-hybridized carbons (Fsp3) is 0.529. The van der Waals surface area contributed by atoms with Gasteiger partial charge in [-0.05, 0) is 24.5 Å². The Balaban J connectivity index is 1.81. The molecule has 1 fully saturated rings. The summed E-state index contributed by atoms with van der Waals surface area (Å²) >= 11 is 0. The van der Waals surface area contributed by atoms with Crippen LogP contribution < -0.4 is 0 Å². The van der Waals surface area contributed by atoms with Gasteiger partial charge >= 0.3 is 0 Å². The van der Waals surface area contributed by atoms with E-state index in [9.17, 15) is 13.2 Å². The Hall–Kier alpha value is -1.89. The third kappa shape index (κ3) is 3.61. The van der Waals surface area contributed by atoms with Crippen LogP contribution in [-0.4, -0.2) is 52.9 Å². The summed E-state index contributed by atoms with van der Waals surface area (Å²) < 4.78 is 25.4. The lowest BCUT2D eigenvalue weighted by molar-refractivity contribution is -0.134. The molecule has 0 N–H and O–H groups in total. The van der Waals surface area contributed by atoms with Crippen LogP contribution in [0.1, 0.15) is 20.3 Å². The molecule has 3 rings (SSSR count). The van der Waals surface area contributed by atoms with Gasteiger partial charge in [-0.25, -0.2) is 13.4 Å². The lowest BCUT2D eigenvalue weighted by Crippen LogP contribution is -2.44. The zero-order chi connectivity index (χ0) is 17.3. The fourth-order valence-corrected chi connectivity index (χ4v) is 4.97. The number of carbonyl (C=O) groups is 1. The molecule has 2 aromatic rings. The van der Waals surface area contributed by atoms with E-state index >= 15 is 0 Å². The lowest BCUT2D eigenvalue weighted by atomic mass is 10.1. The van der Waals surface area contributed by atoms with Crippen LogP contribution in [0, 0.1) is 5.92 Å². The molecule has 0 unspecified atom stereocenters. The highest BCUT2D eigenvalue weighted by molar-refractivity contribution is 7.91. The van der Waals surface area contributed by atoms with Crippen molar-refractivity contribution >= 4 is 26.8 Å². The minimum atomic E-state index is -3.02. The van der Waals surface area contributed by atoms with E-state index in [4.69, 9.17) is 0 Å². The Morgan fingerprint density at radius 1 is 1.38 bits per heavy atom. The summed E-state index contributed by atoms with van der Waals surface area (Å²) in [6.45, 7) is 4.84. The van der Waals surface area contributed by atoms with Gasteiger partial charge in [0.15, 0.2) is 9.84 Å². The molecule has 1 aliphatic rings. The molecule has 1 aromatic carbocycles. The van der Waals surface area contributed by atoms with Crippen LogP contribution in [0.5, 0.6) is 0 Å². The first-order valence-corrected chi connectivity index (χ1v) is 10.1. The molecule has 2 heterocycles. The predicted molar refractivity (Wildman–Crippen MR) is 93.3 cm³/mol. The van der Waals surface area contributed by atoms with E-state index in [2.05, 4.69) is 4.98 Å². The number of hydrogen-bond acceptors (Lipinski definition) is 4. The second kappa shape index (κ2) is 6.55. The normalized spacial score (nSPS) is 19.9. The van der Waals surface area contributed by atoms with Crippen LogP contribution in [0.3, 0.4) is 0 Å². The van der Waals surface area contributed by atoms with Gasteiger partial charge in [0.05, 0.1) is 28.9 Å². The molecule has 1 aromatic heterocycles. The van der Waals surface area contributed by atoms with Crippen LogP contribution in [0.15, 0.2) is 30.6 Å². The van der Waals surface area contributed by atoms with E-state index in [0.29, 0.717) is 13.0 Å². The molecule has 1 saturated heterocycles. The summed E-state index contributed by atoms with van der Waals surface area (Å²) in [5, 5.41) is 0. The summed E-state index contributed by atoms with van der Waals surface area (Å²) in [6.07, 6.45) is 2.20. The quantitative estimate of drug-likeness (QED) is 0.824. The van der Waals surface area contributed by atoms with Gasteiger partial charge in [-0.3, -0.25) is 4.79 Å². The van der Waals surface area contributed by atoms with E-state index in [1.54, 1.807) is 11.2 Å². The number of rotatable bonds is 5. The van der Waals surface area contributed by atoms with Crippen molar-refractivity contribution in [1.82, 2.24) is 14.5 Å². The summed E-state index contributed by atoms with van der Waals surface area (Å²) in [7, 11) is -3.02. The van der Waals surface area contributed by atoms with Gasteiger partial charge in [0.1, 0.15) is 6.54 Å². The lowest BCUT2D eigenvalue weighted by Gasteiger charge is -2.30. The molecule has 0 radical (unpaired) electrons. The number of amides is 1. The first-order valence-electron chi connectivity index (χ1n) is 8.25. The van der Waals surface area contributed by atoms with Gasteiger partial charge in [0, 0.05) is 12.6 Å². The number of sulfone groups is 1. The van der Waals surface area contributed by atoms with Gasteiger partial charge in [0.25, 0.3) is 0 Å². The van der Waals surface area contributed by atoms with E-state index < -0.39 is 9.84 Å². The Morgan fingerprint density at radius 2 is 2.12 bits per heavy atom. The Labute approximate surface area is 142 Å². The molecule has 0 spiro atoms. The Morgan fingerprint density at radius 3 is 2.79 bits per heavy atom. The van der Waals surface area contributed by atoms with Gasteiger partial charge in [0.2, 0.25) is 5.91 Å². The summed E-state index contributed by atoms with van der Waals surface area (Å²) in [6, 6.07) is 7.46. The predicted octanol–water partition coefficient (Wildman–Crippen LogP) is 1.71. The van der Waals surface area contributed by atoms with Crippen LogP contribution >= 0.6 is 0 Å². The van der Waals surface area contributed by atoms with Crippen molar-refractivity contribution in [2.45, 2.75) is 32.9 Å². The average Bonchev–Trinajstić information content (AvgIpc) is 3.08. The zero-order valence-electron chi connectivity index (χ0n) is 14.1. The summed E-state index contributed by atoms with van der Waals surface area (Å²) in [4.78, 5) is 18.9. The van der Waals surface area contributed by atoms with Crippen molar-refractivity contribution in [3.05, 3.63) is 30.6 Å². The van der Waals surface area contributed by atoms with E-state index in [0.717, 1.165) is 11.0 Å². The van der Waals surface area contributed by atoms with Crippen molar-refractivity contribution < 1.29 is 13.2 Å². The molecular weight excluding hydrogens is 326 g/mol. The second-order valence-electron chi connectivity index (χ2n) is 6.86. The number of benzene rings is 1. The molecule has 7 heteroatoms. The van der Waals surface area contributed by atoms with Gasteiger partial charge in [-0.1, -0.05) is 26.0 Å². The largest absolute Gasteiger partial charge is 0.337 e. The highest BCUT2D eigenvalue weighted by Crippen LogP contribution is 2.20. The number of para-hydroxylation sites is 2. The van der Waals surface area contributed by atoms with Gasteiger partial charge in [-0.15, -0.1) is 0 Å². The highest BCUT2D eigenvalue weighted by atomic mass is 32.2. The van der Waals surface area contributed by atoms with Crippen LogP contribution in [-0.2, 0) is 21.2 Å². The van der Waals surface area contributed by atoms with Gasteiger partial charge < -0.3 is 9.47 Å². The van der Waals surface area contributed by atoms with E-state index in [1.807, 2.05) is 42.7 Å². The second-order valence-corrected chi connectivity index (χ2v) is 9.09. The van der Waals surface area contributed by atoms with Crippen LogP contribution in [0.4, 0.5) is 0 Å². The monoisotopic (exact) mass is 349 g/mol. The molecule has 0 bridgehead atoms. The average molecular weight is 349 g/mol. The minimum absolute atomic E-state index is 0.0473. The number of aromatic nitrogens is 2. The zero-order valence-corrected chi connectivity index (χ0v) is 14.9. The van der Waals surface area contributed by atoms with E-state index in [-0.39, 0.29) is 35.9 Å². The molecule has 24 heavy (non-hydrogen) atoms. The Kier molecular flexibility index (Phi) is 4.62. The van der Waals surface area contributed by atoms with Gasteiger partial charge in [-0.2, -0.15) is 0 Å². The molecule has 6 nitrogen and oxygen atoms in total. The molecule has 1 atom stereocenters. The molecular formula is C17H23N3O3S. The van der Waals surface area contributed by atoms with Crippen molar-refractivity contribution in [2.24, 2.45) is 5.92 Å². The van der Waals surface area contributed by atoms with Crippen LogP contribution in [0.25, 0.3) is 11.0 Å². The maximum absolute atomic E-state index is 12.9. The summed E-state index contributed by atoms with van der Waals surface area (Å²) in [5.74, 6) is 0.495. The van der Waals surface area contributed by atoms with Crippen molar-refractivity contribution in [1.29, 1.82) is 0 Å². The number of nitrogens with zero attached hydrogens (tertiary/aromatic N) is 3. The molecule has 1 amide bonds. The fourth-order valence-electron chi connectivity index (χ4n) is 3.24. The van der Waals surface area contributed by atoms with Crippen molar-refractivity contribution in [3.8, 4) is 0 Å². The summed E-state index contributed by atoms with van der Waals surface area (Å²) in [5.41, 5.74) is 1.76. The minimum Gasteiger partial charge on any atom is -0.337 e. The SMILES string of the molecule is CC(C)CN(C(=O)Cn1cnc2ccccc21)[C@@H]1CCS(=O)(=O)C1. The number of fused-ring (bicyclic) bond motifs is 1. The highest BCUT2D eigenvalue weighted by Gasteiger charge is 2.34. The molecule has 130 valence electrons. The smallest absolute Gasteiger partial charge is 0.242 e. The maximum atomic E-state index is 12.9. The number of hydrogen-bond donors (Lipinski definition) is 0. The first-order chi connectivity index (χ1) is 11.4. The van der Waals surface area contributed by atoms with Crippen LogP contribution in [0.2, 0.25) is 0 Å². The third-order valence-electron chi connectivity index (χ3n) is 4.36. The maximum Gasteiger partial charge on any atom is 0.242 e. The topological polar surface area (TPSA) is 72.3 Å². The van der Waals surface area contributed by atoms with E-state index in [1.165, 1.54) is 0 Å². The third-order valence-corrected chi connectivity index (χ3v) is 6.11. The Bertz CT molecular complexity index is 842. The standard InChI is InChI=1S/C17H23N3O3S/c1-13(2)9-20(14-7-8-24(22,23)11-14)17(21)10-19-12-18-15-5-3-4-6-16(15)19/h3-6,12-14H,7-11H2,1-2H3/t14-/m1/s1. The number of carbonyl (C=O) groups excluding carboxylic acids is 1. The number of imidazole rings is 1. The molecule has 1 aliphatic heterocycles. The van der Waals surface area contributed by atoms with Crippen molar-refractivity contribution in [2.75, 3.05) is 18.1 Å². The van der Waals surface area contributed by atoms with Crippen molar-refractivity contribution in [3.63, 3.8) is 0 Å². The first kappa shape index (κ1) is 17.0.